The van der Waals surface area contributed by atoms with E-state index in [1.54, 1.807) is 24.3 Å². The van der Waals surface area contributed by atoms with Crippen LogP contribution >= 0.6 is 0 Å². The van der Waals surface area contributed by atoms with Crippen molar-refractivity contribution in [1.29, 1.82) is 0 Å². The van der Waals surface area contributed by atoms with E-state index in [2.05, 4.69) is 16.3 Å². The zero-order valence-electron chi connectivity index (χ0n) is 14.9. The van der Waals surface area contributed by atoms with Crippen molar-refractivity contribution in [2.45, 2.75) is 18.4 Å². The number of rotatable bonds is 4. The number of hydrogen-bond acceptors (Lipinski definition) is 4. The lowest BCUT2D eigenvalue weighted by Crippen LogP contribution is -2.42. The van der Waals surface area contributed by atoms with Crippen molar-refractivity contribution in [1.82, 2.24) is 14.2 Å². The minimum atomic E-state index is -3.61. The van der Waals surface area contributed by atoms with Gasteiger partial charge in [-0.25, -0.2) is 12.4 Å². The molecule has 3 aromatic rings. The number of nitrogens with zero attached hydrogens (tertiary/aromatic N) is 2. The summed E-state index contributed by atoms with van der Waals surface area (Å²) in [5, 5.41) is 4.38. The van der Waals surface area contributed by atoms with Crippen LogP contribution in [0.25, 0.3) is 10.9 Å². The lowest BCUT2D eigenvalue weighted by Gasteiger charge is -2.27. The molecule has 1 aliphatic rings. The second-order valence-electron chi connectivity index (χ2n) is 6.74. The van der Waals surface area contributed by atoms with Crippen LogP contribution in [0.5, 0.6) is 0 Å². The van der Waals surface area contributed by atoms with Gasteiger partial charge in [0.25, 0.3) is 10.0 Å². The number of benzene rings is 2. The Morgan fingerprint density at radius 3 is 2.46 bits per heavy atom. The van der Waals surface area contributed by atoms with Gasteiger partial charge in [-0.15, -0.1) is 0 Å². The Morgan fingerprint density at radius 2 is 1.73 bits per heavy atom. The predicted octanol–water partition coefficient (Wildman–Crippen LogP) is 2.59. The van der Waals surface area contributed by atoms with Crippen LogP contribution in [0.3, 0.4) is 0 Å². The summed E-state index contributed by atoms with van der Waals surface area (Å²) in [5.41, 5.74) is 2.66. The fourth-order valence-electron chi connectivity index (χ4n) is 3.67. The lowest BCUT2D eigenvalue weighted by molar-refractivity contribution is 0.234. The van der Waals surface area contributed by atoms with Crippen LogP contribution in [0, 0.1) is 6.92 Å². The summed E-state index contributed by atoms with van der Waals surface area (Å²) in [5.74, 6) is 0. The van der Waals surface area contributed by atoms with Crippen molar-refractivity contribution in [2.75, 3.05) is 26.2 Å². The molecule has 2 aromatic carbocycles. The number of aromatic nitrogens is 1. The molecule has 1 fully saturated rings. The molecule has 0 atom stereocenters. The van der Waals surface area contributed by atoms with Gasteiger partial charge in [0.05, 0.1) is 10.4 Å². The van der Waals surface area contributed by atoms with Crippen LogP contribution in [0.1, 0.15) is 11.3 Å². The summed E-state index contributed by atoms with van der Waals surface area (Å²) in [7, 11) is -3.61. The predicted molar refractivity (Wildman–Crippen MR) is 104 cm³/mol. The molecule has 0 amide bonds. The van der Waals surface area contributed by atoms with E-state index in [1.165, 1.54) is 9.54 Å². The van der Waals surface area contributed by atoms with E-state index >= 15 is 0 Å². The Bertz CT molecular complexity index is 1020. The third kappa shape index (κ3) is 3.05. The molecule has 1 saturated heterocycles. The van der Waals surface area contributed by atoms with Gasteiger partial charge in [0.15, 0.2) is 0 Å². The molecule has 2 heterocycles. The highest BCUT2D eigenvalue weighted by atomic mass is 32.2. The molecule has 0 saturated carbocycles. The average molecular weight is 369 g/mol. The Labute approximate surface area is 154 Å². The van der Waals surface area contributed by atoms with Gasteiger partial charge in [0, 0.05) is 43.8 Å². The summed E-state index contributed by atoms with van der Waals surface area (Å²) < 4.78 is 27.8. The largest absolute Gasteiger partial charge is 0.314 e. The van der Waals surface area contributed by atoms with Crippen LogP contribution in [-0.2, 0) is 16.6 Å². The zero-order chi connectivity index (χ0) is 18.1. The van der Waals surface area contributed by atoms with Crippen LogP contribution in [0.4, 0.5) is 0 Å². The first-order valence-corrected chi connectivity index (χ1v) is 10.3. The Kier molecular flexibility index (Phi) is 4.56. The number of hydrogen-bond donors (Lipinski definition) is 1. The SMILES string of the molecule is Cc1cc2c(CN3CCNCC3)cccc2n1S(=O)(=O)c1ccccc1. The molecule has 0 radical (unpaired) electrons. The van der Waals surface area contributed by atoms with Crippen molar-refractivity contribution in [2.24, 2.45) is 0 Å². The lowest BCUT2D eigenvalue weighted by atomic mass is 10.1. The molecule has 4 rings (SSSR count). The summed E-state index contributed by atoms with van der Waals surface area (Å²) in [4.78, 5) is 2.72. The van der Waals surface area contributed by atoms with Crippen LogP contribution in [-0.4, -0.2) is 43.5 Å². The standard InChI is InChI=1S/C20H23N3O2S/c1-16-14-19-17(15-22-12-10-21-11-13-22)6-5-9-20(19)23(16)26(24,25)18-7-3-2-4-8-18/h2-9,14,21H,10-13,15H2,1H3. The van der Waals surface area contributed by atoms with E-state index in [0.29, 0.717) is 4.90 Å². The first-order chi connectivity index (χ1) is 12.6. The van der Waals surface area contributed by atoms with Gasteiger partial charge < -0.3 is 5.32 Å². The normalized spacial score (nSPS) is 16.2. The Hall–Kier alpha value is -2.15. The second-order valence-corrected chi connectivity index (χ2v) is 8.53. The summed E-state index contributed by atoms with van der Waals surface area (Å²) in [6.07, 6.45) is 0. The van der Waals surface area contributed by atoms with Crippen molar-refractivity contribution >= 4 is 20.9 Å². The Morgan fingerprint density at radius 1 is 1.00 bits per heavy atom. The monoisotopic (exact) mass is 369 g/mol. The molecule has 1 N–H and O–H groups in total. The molecular formula is C20H23N3O2S. The zero-order valence-corrected chi connectivity index (χ0v) is 15.7. The number of aryl methyl sites for hydroxylation is 1. The van der Waals surface area contributed by atoms with Crippen LogP contribution < -0.4 is 5.32 Å². The molecular weight excluding hydrogens is 346 g/mol. The molecule has 0 spiro atoms. The van der Waals surface area contributed by atoms with Gasteiger partial charge in [-0.2, -0.15) is 0 Å². The molecule has 136 valence electrons. The summed E-state index contributed by atoms with van der Waals surface area (Å²) in [6.45, 7) is 6.72. The van der Waals surface area contributed by atoms with E-state index in [4.69, 9.17) is 0 Å². The smallest absolute Gasteiger partial charge is 0.268 e. The van der Waals surface area contributed by atoms with Crippen LogP contribution in [0.15, 0.2) is 59.5 Å². The molecule has 0 aliphatic carbocycles. The first-order valence-electron chi connectivity index (χ1n) is 8.91. The second kappa shape index (κ2) is 6.87. The first kappa shape index (κ1) is 17.3. The van der Waals surface area contributed by atoms with Crippen molar-refractivity contribution in [3.8, 4) is 0 Å². The molecule has 6 heteroatoms. The summed E-state index contributed by atoms with van der Waals surface area (Å²) in [6, 6.07) is 16.6. The average Bonchev–Trinajstić information content (AvgIpc) is 3.01. The van der Waals surface area contributed by atoms with E-state index in [0.717, 1.165) is 49.3 Å². The van der Waals surface area contributed by atoms with Gasteiger partial charge in [-0.05, 0) is 36.8 Å². The number of nitrogens with one attached hydrogen (secondary N) is 1. The quantitative estimate of drug-likeness (QED) is 0.768. The van der Waals surface area contributed by atoms with Crippen molar-refractivity contribution < 1.29 is 8.42 Å². The third-order valence-corrected chi connectivity index (χ3v) is 6.78. The maximum Gasteiger partial charge on any atom is 0.268 e. The highest BCUT2D eigenvalue weighted by Crippen LogP contribution is 2.28. The molecule has 1 aromatic heterocycles. The fourth-order valence-corrected chi connectivity index (χ4v) is 5.23. The third-order valence-electron chi connectivity index (χ3n) is 4.95. The molecule has 1 aliphatic heterocycles. The Balaban J connectivity index is 1.80. The minimum Gasteiger partial charge on any atom is -0.314 e. The van der Waals surface area contributed by atoms with E-state index in [1.807, 2.05) is 31.2 Å². The van der Waals surface area contributed by atoms with Gasteiger partial charge in [0.2, 0.25) is 0 Å². The van der Waals surface area contributed by atoms with Crippen LogP contribution in [0.2, 0.25) is 0 Å². The maximum absolute atomic E-state index is 13.2. The van der Waals surface area contributed by atoms with Gasteiger partial charge in [0.1, 0.15) is 0 Å². The van der Waals surface area contributed by atoms with Crippen molar-refractivity contribution in [3.05, 3.63) is 65.9 Å². The van der Waals surface area contributed by atoms with Gasteiger partial charge >= 0.3 is 0 Å². The maximum atomic E-state index is 13.2. The van der Waals surface area contributed by atoms with E-state index < -0.39 is 10.0 Å². The molecule has 26 heavy (non-hydrogen) atoms. The molecule has 5 nitrogen and oxygen atoms in total. The van der Waals surface area contributed by atoms with Crippen molar-refractivity contribution in [3.63, 3.8) is 0 Å². The number of fused-ring (bicyclic) bond motifs is 1. The van der Waals surface area contributed by atoms with Gasteiger partial charge in [-0.1, -0.05) is 30.3 Å². The summed E-state index contributed by atoms with van der Waals surface area (Å²) >= 11 is 0. The topological polar surface area (TPSA) is 54.3 Å². The molecule has 0 bridgehead atoms. The highest BCUT2D eigenvalue weighted by Gasteiger charge is 2.22. The molecule has 0 unspecified atom stereocenters. The van der Waals surface area contributed by atoms with Gasteiger partial charge in [-0.3, -0.25) is 4.90 Å². The minimum absolute atomic E-state index is 0.313. The fraction of sp³-hybridized carbons (Fsp3) is 0.300. The number of piperazine rings is 1. The highest BCUT2D eigenvalue weighted by molar-refractivity contribution is 7.90. The van der Waals surface area contributed by atoms with E-state index in [-0.39, 0.29) is 0 Å². The van der Waals surface area contributed by atoms with E-state index in [9.17, 15) is 8.42 Å².